The Bertz CT molecular complexity index is 1240. The largest absolute Gasteiger partial charge is 0.324 e. The number of nitrogens with zero attached hydrogens (tertiary/aromatic N) is 5. The van der Waals surface area contributed by atoms with E-state index in [1.165, 1.54) is 6.04 Å². The summed E-state index contributed by atoms with van der Waals surface area (Å²) in [5, 5.41) is 3.36. The van der Waals surface area contributed by atoms with Gasteiger partial charge in [-0.2, -0.15) is 4.98 Å². The van der Waals surface area contributed by atoms with Gasteiger partial charge in [0.2, 0.25) is 11.9 Å². The standard InChI is InChI=1S/C23H26N6OSi/c1-14-10-18-19(25-8-7-24-18)11-17(14)27-22-26-12-16-20(28-22)29(21(30)23(16)5-6-23)15-4-9-31(2,3)13-15/h7-8,10-12,15H,4-6,9,13H2,1-3H3,(H,26,27,28). The third kappa shape index (κ3) is 2.88. The lowest BCUT2D eigenvalue weighted by Crippen LogP contribution is -2.40. The zero-order chi connectivity index (χ0) is 21.4. The SMILES string of the molecule is Cc1cc2nccnc2cc1Nc1ncc2c(n1)N(C1CC[Si](C)(C)C1)C(=O)C21CC1. The number of aromatic nitrogens is 4. The topological polar surface area (TPSA) is 83.9 Å². The molecule has 2 aromatic heterocycles. The fraction of sp³-hybridized carbons (Fsp3) is 0.435. The number of fused-ring (bicyclic) bond motifs is 3. The molecule has 1 aromatic carbocycles. The Hall–Kier alpha value is -2.87. The molecule has 8 heteroatoms. The van der Waals surface area contributed by atoms with E-state index in [0.29, 0.717) is 5.95 Å². The van der Waals surface area contributed by atoms with Gasteiger partial charge in [-0.25, -0.2) is 4.98 Å². The summed E-state index contributed by atoms with van der Waals surface area (Å²) in [4.78, 5) is 33.8. The van der Waals surface area contributed by atoms with Crippen molar-refractivity contribution in [3.05, 3.63) is 41.9 Å². The number of amides is 1. The molecule has 1 saturated heterocycles. The average Bonchev–Trinajstić information content (AvgIpc) is 3.41. The molecular weight excluding hydrogens is 404 g/mol. The number of rotatable bonds is 3. The fourth-order valence-corrected chi connectivity index (χ4v) is 8.31. The molecule has 0 radical (unpaired) electrons. The molecule has 2 fully saturated rings. The third-order valence-electron chi connectivity index (χ3n) is 7.26. The summed E-state index contributed by atoms with van der Waals surface area (Å²) in [6.07, 6.45) is 8.20. The highest BCUT2D eigenvalue weighted by Gasteiger charge is 2.62. The highest BCUT2D eigenvalue weighted by molar-refractivity contribution is 6.78. The van der Waals surface area contributed by atoms with Gasteiger partial charge >= 0.3 is 0 Å². The minimum Gasteiger partial charge on any atom is -0.324 e. The molecule has 1 N–H and O–H groups in total. The minimum absolute atomic E-state index is 0.253. The van der Waals surface area contributed by atoms with Gasteiger partial charge in [-0.3, -0.25) is 19.7 Å². The maximum Gasteiger partial charge on any atom is 0.239 e. The Morgan fingerprint density at radius 1 is 1.13 bits per heavy atom. The van der Waals surface area contributed by atoms with E-state index >= 15 is 0 Å². The Kier molecular flexibility index (Phi) is 3.85. The fourth-order valence-electron chi connectivity index (χ4n) is 5.33. The maximum absolute atomic E-state index is 13.5. The molecular formula is C23H26N6OSi. The van der Waals surface area contributed by atoms with Crippen LogP contribution < -0.4 is 10.2 Å². The van der Waals surface area contributed by atoms with Crippen LogP contribution in [-0.4, -0.2) is 40.0 Å². The molecule has 0 bridgehead atoms. The number of hydrogen-bond donors (Lipinski definition) is 1. The number of carbonyl (C=O) groups is 1. The van der Waals surface area contributed by atoms with Crippen LogP contribution in [0.25, 0.3) is 11.0 Å². The molecule has 4 heterocycles. The van der Waals surface area contributed by atoms with Crippen molar-refractivity contribution in [3.63, 3.8) is 0 Å². The Morgan fingerprint density at radius 2 is 1.87 bits per heavy atom. The monoisotopic (exact) mass is 430 g/mol. The van der Waals surface area contributed by atoms with Crippen molar-refractivity contribution in [1.82, 2.24) is 19.9 Å². The summed E-state index contributed by atoms with van der Waals surface area (Å²) < 4.78 is 0. The van der Waals surface area contributed by atoms with Crippen molar-refractivity contribution in [2.75, 3.05) is 10.2 Å². The molecule has 7 nitrogen and oxygen atoms in total. The Morgan fingerprint density at radius 3 is 2.55 bits per heavy atom. The third-order valence-corrected chi connectivity index (χ3v) is 10.5. The average molecular weight is 431 g/mol. The smallest absolute Gasteiger partial charge is 0.239 e. The number of nitrogens with one attached hydrogen (secondary N) is 1. The predicted molar refractivity (Wildman–Crippen MR) is 123 cm³/mol. The molecule has 3 aromatic rings. The van der Waals surface area contributed by atoms with Crippen molar-refractivity contribution in [2.45, 2.75) is 62.8 Å². The molecule has 158 valence electrons. The van der Waals surface area contributed by atoms with Crippen LogP contribution in [0.3, 0.4) is 0 Å². The van der Waals surface area contributed by atoms with Crippen LogP contribution in [-0.2, 0) is 10.2 Å². The van der Waals surface area contributed by atoms with Crippen molar-refractivity contribution in [3.8, 4) is 0 Å². The first-order valence-corrected chi connectivity index (χ1v) is 14.5. The highest BCUT2D eigenvalue weighted by atomic mass is 28.3. The zero-order valence-corrected chi connectivity index (χ0v) is 19.1. The lowest BCUT2D eigenvalue weighted by Gasteiger charge is -2.26. The second kappa shape index (κ2) is 6.32. The lowest BCUT2D eigenvalue weighted by atomic mass is 10.0. The van der Waals surface area contributed by atoms with Crippen LogP contribution >= 0.6 is 0 Å². The van der Waals surface area contributed by atoms with Crippen LogP contribution in [0.5, 0.6) is 0 Å². The number of benzene rings is 1. The zero-order valence-electron chi connectivity index (χ0n) is 18.1. The van der Waals surface area contributed by atoms with Crippen LogP contribution in [0.4, 0.5) is 17.5 Å². The molecule has 1 atom stereocenters. The van der Waals surface area contributed by atoms with E-state index in [1.54, 1.807) is 12.4 Å². The van der Waals surface area contributed by atoms with E-state index in [1.807, 2.05) is 30.2 Å². The van der Waals surface area contributed by atoms with E-state index < -0.39 is 8.07 Å². The van der Waals surface area contributed by atoms with Crippen LogP contribution in [0, 0.1) is 6.92 Å². The highest BCUT2D eigenvalue weighted by Crippen LogP contribution is 2.58. The molecule has 1 unspecified atom stereocenters. The van der Waals surface area contributed by atoms with Crippen molar-refractivity contribution < 1.29 is 4.79 Å². The summed E-state index contributed by atoms with van der Waals surface area (Å²) in [6, 6.07) is 6.71. The minimum atomic E-state index is -1.22. The Labute approximate surface area is 182 Å². The molecule has 1 spiro atoms. The Balaban J connectivity index is 1.38. The predicted octanol–water partition coefficient (Wildman–Crippen LogP) is 4.33. The number of hydrogen-bond acceptors (Lipinski definition) is 6. The normalized spacial score (nSPS) is 22.9. The van der Waals surface area contributed by atoms with E-state index in [2.05, 4.69) is 33.4 Å². The van der Waals surface area contributed by atoms with E-state index in [0.717, 1.165) is 59.0 Å². The summed E-state index contributed by atoms with van der Waals surface area (Å²) >= 11 is 0. The van der Waals surface area contributed by atoms with Gasteiger partial charge in [0, 0.05) is 44.0 Å². The molecule has 3 aliphatic rings. The van der Waals surface area contributed by atoms with Gasteiger partial charge < -0.3 is 5.32 Å². The number of aryl methyl sites for hydroxylation is 1. The number of carbonyl (C=O) groups excluding carboxylic acids is 1. The molecule has 6 rings (SSSR count). The molecule has 1 aliphatic carbocycles. The van der Waals surface area contributed by atoms with Crippen LogP contribution in [0.15, 0.2) is 30.7 Å². The van der Waals surface area contributed by atoms with Crippen molar-refractivity contribution in [2.24, 2.45) is 0 Å². The maximum atomic E-state index is 13.5. The van der Waals surface area contributed by atoms with Crippen molar-refractivity contribution in [1.29, 1.82) is 0 Å². The summed E-state index contributed by atoms with van der Waals surface area (Å²) in [7, 11) is -1.22. The second-order valence-corrected chi connectivity index (χ2v) is 15.3. The first-order chi connectivity index (χ1) is 14.9. The summed E-state index contributed by atoms with van der Waals surface area (Å²) in [5.74, 6) is 1.60. The summed E-state index contributed by atoms with van der Waals surface area (Å²) in [6.45, 7) is 6.89. The van der Waals surface area contributed by atoms with Gasteiger partial charge in [0.05, 0.1) is 16.4 Å². The van der Waals surface area contributed by atoms with E-state index in [4.69, 9.17) is 4.98 Å². The van der Waals surface area contributed by atoms with Gasteiger partial charge in [0.15, 0.2) is 0 Å². The molecule has 31 heavy (non-hydrogen) atoms. The molecule has 2 aliphatic heterocycles. The van der Waals surface area contributed by atoms with Crippen LogP contribution in [0.1, 0.15) is 30.4 Å². The van der Waals surface area contributed by atoms with Gasteiger partial charge in [-0.05, 0) is 49.9 Å². The quantitative estimate of drug-likeness (QED) is 0.623. The molecule has 1 saturated carbocycles. The van der Waals surface area contributed by atoms with E-state index in [-0.39, 0.29) is 17.4 Å². The van der Waals surface area contributed by atoms with Gasteiger partial charge in [0.25, 0.3) is 0 Å². The van der Waals surface area contributed by atoms with E-state index in [9.17, 15) is 4.79 Å². The number of anilines is 3. The first-order valence-electron chi connectivity index (χ1n) is 11.1. The molecule has 1 amide bonds. The van der Waals surface area contributed by atoms with Crippen molar-refractivity contribution >= 4 is 42.5 Å². The first kappa shape index (κ1) is 18.9. The second-order valence-electron chi connectivity index (χ2n) is 10.1. The van der Waals surface area contributed by atoms with Gasteiger partial charge in [0.1, 0.15) is 5.82 Å². The van der Waals surface area contributed by atoms with Crippen LogP contribution in [0.2, 0.25) is 25.2 Å². The van der Waals surface area contributed by atoms with Gasteiger partial charge in [-0.15, -0.1) is 0 Å². The van der Waals surface area contributed by atoms with Gasteiger partial charge in [-0.1, -0.05) is 19.1 Å². The lowest BCUT2D eigenvalue weighted by molar-refractivity contribution is -0.120. The summed E-state index contributed by atoms with van der Waals surface area (Å²) in [5.41, 5.74) is 4.31.